The molecule has 16 nitrogen and oxygen atoms in total. The van der Waals surface area contributed by atoms with Gasteiger partial charge in [0, 0.05) is 53.9 Å². The summed E-state index contributed by atoms with van der Waals surface area (Å²) in [6.45, 7) is 5.16. The van der Waals surface area contributed by atoms with E-state index in [-0.39, 0.29) is 18.1 Å². The summed E-state index contributed by atoms with van der Waals surface area (Å²) in [5.41, 5.74) is 0. The van der Waals surface area contributed by atoms with Gasteiger partial charge in [-0.25, -0.2) is 4.79 Å². The number of esters is 6. The van der Waals surface area contributed by atoms with E-state index < -0.39 is 97.6 Å². The quantitative estimate of drug-likeness (QED) is 0.204. The predicted molar refractivity (Wildman–Crippen MR) is 152 cm³/mol. The Hall–Kier alpha value is -4.08. The normalized spacial score (nSPS) is 24.3. The van der Waals surface area contributed by atoms with E-state index in [4.69, 9.17) is 33.2 Å². The molecule has 6 atom stereocenters. The van der Waals surface area contributed by atoms with Crippen LogP contribution in [0.5, 0.6) is 0 Å². The van der Waals surface area contributed by atoms with Crippen molar-refractivity contribution in [2.75, 3.05) is 13.2 Å². The minimum atomic E-state index is -2.67. The van der Waals surface area contributed by atoms with Crippen LogP contribution < -0.4 is 5.32 Å². The van der Waals surface area contributed by atoms with Crippen molar-refractivity contribution in [3.05, 3.63) is 0 Å². The van der Waals surface area contributed by atoms with Crippen LogP contribution in [0.3, 0.4) is 0 Å². The highest BCUT2D eigenvalue weighted by atomic mass is 16.8. The minimum absolute atomic E-state index is 0.0930. The maximum Gasteiger partial charge on any atom is 0.380 e. The molecule has 1 aliphatic carbocycles. The van der Waals surface area contributed by atoms with Crippen molar-refractivity contribution in [3.8, 4) is 0 Å². The fourth-order valence-corrected chi connectivity index (χ4v) is 5.56. The maximum atomic E-state index is 13.7. The molecule has 46 heavy (non-hydrogen) atoms. The Morgan fingerprint density at radius 1 is 0.783 bits per heavy atom. The van der Waals surface area contributed by atoms with Crippen LogP contribution in [0.25, 0.3) is 0 Å². The molecular weight excluding hydrogens is 614 g/mol. The molecule has 0 bridgehead atoms. The van der Waals surface area contributed by atoms with Gasteiger partial charge >= 0.3 is 41.6 Å². The molecule has 1 saturated heterocycles. The van der Waals surface area contributed by atoms with E-state index in [1.54, 1.807) is 0 Å². The number of hydrogen-bond donors (Lipinski definition) is 1. The van der Waals surface area contributed by atoms with Crippen molar-refractivity contribution in [2.45, 2.75) is 123 Å². The summed E-state index contributed by atoms with van der Waals surface area (Å²) >= 11 is 0. The standard InChI is InChI=1S/C30H43NO15/c1-16(32)31-26-24(42-18(3)34)14-30(45-21(6)37,29(39)40-13-12-23(38)22-10-8-7-9-11-22)46-28(26)27(44-20(5)36)25(43-19(4)35)15-41-17(2)33/h22,24-28H,7-15H2,1-6H3,(H,31,32)/t24-,25-,26-,27-,28?,30+/m1/s1. The SMILES string of the molecule is CC(=O)N[C@H]1C([C@H](OC(C)=O)[C@@H](COC(C)=O)OC(C)=O)O[C@](OC(C)=O)(C(=O)OCCC(=O)C2CCCCC2)C[C@H]1OC(C)=O. The van der Waals surface area contributed by atoms with Crippen LogP contribution in [0.4, 0.5) is 0 Å². The molecule has 1 saturated carbocycles. The Labute approximate surface area is 266 Å². The van der Waals surface area contributed by atoms with Crippen molar-refractivity contribution in [1.29, 1.82) is 0 Å². The highest BCUT2D eigenvalue weighted by Gasteiger charge is 2.60. The number of Topliss-reactive ketones (excluding diaryl/α,β-unsaturated/α-hetero) is 1. The van der Waals surface area contributed by atoms with Crippen LogP contribution >= 0.6 is 0 Å². The largest absolute Gasteiger partial charge is 0.462 e. The lowest BCUT2D eigenvalue weighted by atomic mass is 9.85. The zero-order chi connectivity index (χ0) is 34.6. The van der Waals surface area contributed by atoms with E-state index in [0.29, 0.717) is 0 Å². The molecule has 2 fully saturated rings. The minimum Gasteiger partial charge on any atom is -0.462 e. The van der Waals surface area contributed by atoms with Crippen molar-refractivity contribution in [2.24, 2.45) is 5.92 Å². The van der Waals surface area contributed by atoms with Crippen molar-refractivity contribution in [3.63, 3.8) is 0 Å². The molecule has 2 rings (SSSR count). The van der Waals surface area contributed by atoms with Crippen LogP contribution in [0.1, 0.15) is 86.5 Å². The molecule has 1 unspecified atom stereocenters. The summed E-state index contributed by atoms with van der Waals surface area (Å²) in [4.78, 5) is 99.3. The second kappa shape index (κ2) is 17.6. The zero-order valence-corrected chi connectivity index (χ0v) is 27.0. The van der Waals surface area contributed by atoms with E-state index in [2.05, 4.69) is 5.32 Å². The fraction of sp³-hybridized carbons (Fsp3) is 0.733. The highest BCUT2D eigenvalue weighted by molar-refractivity contribution is 5.84. The monoisotopic (exact) mass is 657 g/mol. The third-order valence-electron chi connectivity index (χ3n) is 7.26. The van der Waals surface area contributed by atoms with Crippen molar-refractivity contribution >= 4 is 47.5 Å². The Kier molecular flexibility index (Phi) is 14.6. The van der Waals surface area contributed by atoms with Crippen LogP contribution in [0.15, 0.2) is 0 Å². The lowest BCUT2D eigenvalue weighted by Crippen LogP contribution is -2.69. The van der Waals surface area contributed by atoms with Gasteiger partial charge in [0.1, 0.15) is 24.6 Å². The molecule has 0 spiro atoms. The van der Waals surface area contributed by atoms with E-state index in [0.717, 1.165) is 73.6 Å². The molecular formula is C30H43NO15. The molecule has 1 aliphatic heterocycles. The van der Waals surface area contributed by atoms with Crippen LogP contribution in [0.2, 0.25) is 0 Å². The van der Waals surface area contributed by atoms with Crippen molar-refractivity contribution in [1.82, 2.24) is 5.32 Å². The summed E-state index contributed by atoms with van der Waals surface area (Å²) < 4.78 is 38.0. The molecule has 0 aromatic rings. The summed E-state index contributed by atoms with van der Waals surface area (Å²) in [7, 11) is 0. The molecule has 1 heterocycles. The van der Waals surface area contributed by atoms with Crippen LogP contribution in [-0.4, -0.2) is 97.0 Å². The molecule has 258 valence electrons. The number of carbonyl (C=O) groups excluding carboxylic acids is 8. The van der Waals surface area contributed by atoms with Gasteiger partial charge < -0.3 is 38.5 Å². The van der Waals surface area contributed by atoms with Gasteiger partial charge in [-0.3, -0.25) is 33.6 Å². The maximum absolute atomic E-state index is 13.7. The van der Waals surface area contributed by atoms with E-state index in [1.165, 1.54) is 0 Å². The number of ether oxygens (including phenoxy) is 7. The summed E-state index contributed by atoms with van der Waals surface area (Å²) in [5.74, 6) is -9.42. The van der Waals surface area contributed by atoms with Crippen LogP contribution in [0, 0.1) is 5.92 Å². The Balaban J connectivity index is 2.59. The Morgan fingerprint density at radius 3 is 1.93 bits per heavy atom. The Bertz CT molecular complexity index is 1160. The first-order valence-corrected chi connectivity index (χ1v) is 15.0. The van der Waals surface area contributed by atoms with Gasteiger partial charge in [0.05, 0.1) is 19.1 Å². The summed E-state index contributed by atoms with van der Waals surface area (Å²) in [5, 5.41) is 2.52. The van der Waals surface area contributed by atoms with Gasteiger partial charge in [0.2, 0.25) is 5.91 Å². The smallest absolute Gasteiger partial charge is 0.380 e. The van der Waals surface area contributed by atoms with Gasteiger partial charge in [-0.15, -0.1) is 0 Å². The van der Waals surface area contributed by atoms with Crippen LogP contribution in [-0.2, 0) is 71.5 Å². The van der Waals surface area contributed by atoms with Gasteiger partial charge in [0.25, 0.3) is 0 Å². The van der Waals surface area contributed by atoms with E-state index in [9.17, 15) is 38.4 Å². The molecule has 16 heteroatoms. The van der Waals surface area contributed by atoms with Crippen molar-refractivity contribution < 1.29 is 71.5 Å². The topological polar surface area (TPSA) is 213 Å². The fourth-order valence-electron chi connectivity index (χ4n) is 5.56. The Morgan fingerprint density at radius 2 is 1.41 bits per heavy atom. The molecule has 0 radical (unpaired) electrons. The highest BCUT2D eigenvalue weighted by Crippen LogP contribution is 2.37. The molecule has 1 amide bonds. The van der Waals surface area contributed by atoms with Gasteiger partial charge in [-0.1, -0.05) is 19.3 Å². The first-order chi connectivity index (χ1) is 21.5. The number of rotatable bonds is 14. The lowest BCUT2D eigenvalue weighted by Gasteiger charge is -2.48. The number of hydrogen-bond acceptors (Lipinski definition) is 15. The second-order valence-electron chi connectivity index (χ2n) is 11.2. The first kappa shape index (κ1) is 38.1. The third kappa shape index (κ3) is 11.7. The van der Waals surface area contributed by atoms with Gasteiger partial charge in [0.15, 0.2) is 12.2 Å². The predicted octanol–water partition coefficient (Wildman–Crippen LogP) is 0.980. The molecule has 0 aromatic carbocycles. The lowest BCUT2D eigenvalue weighted by molar-refractivity contribution is -0.305. The second-order valence-corrected chi connectivity index (χ2v) is 11.2. The summed E-state index contributed by atoms with van der Waals surface area (Å²) in [6, 6.07) is -1.41. The van der Waals surface area contributed by atoms with E-state index >= 15 is 0 Å². The number of ketones is 1. The third-order valence-corrected chi connectivity index (χ3v) is 7.26. The average molecular weight is 658 g/mol. The van der Waals surface area contributed by atoms with E-state index in [1.807, 2.05) is 0 Å². The number of carbonyl (C=O) groups is 8. The first-order valence-electron chi connectivity index (χ1n) is 15.0. The number of nitrogens with one attached hydrogen (secondary N) is 1. The molecule has 0 aromatic heterocycles. The number of amides is 1. The molecule has 1 N–H and O–H groups in total. The van der Waals surface area contributed by atoms with Gasteiger partial charge in [-0.05, 0) is 12.8 Å². The molecule has 2 aliphatic rings. The van der Waals surface area contributed by atoms with Gasteiger partial charge in [-0.2, -0.15) is 0 Å². The summed E-state index contributed by atoms with van der Waals surface area (Å²) in [6.07, 6.45) is -3.07. The average Bonchev–Trinajstić information content (AvgIpc) is 2.94. The zero-order valence-electron chi connectivity index (χ0n) is 27.0.